The molecular weight excluding hydrogens is 336 g/mol. The molecule has 2 heterocycles. The molecule has 0 radical (unpaired) electrons. The van der Waals surface area contributed by atoms with Crippen LogP contribution in [-0.2, 0) is 0 Å². The summed E-state index contributed by atoms with van der Waals surface area (Å²) in [5, 5.41) is 2.49. The first-order valence-corrected chi connectivity index (χ1v) is 8.96. The molecule has 1 atom stereocenters. The number of ether oxygens (including phenoxy) is 1. The lowest BCUT2D eigenvalue weighted by atomic mass is 10.1. The van der Waals surface area contributed by atoms with Crippen LogP contribution in [0.5, 0.6) is 5.75 Å². The minimum absolute atomic E-state index is 0.0821. The first kappa shape index (κ1) is 17.2. The molecule has 130 valence electrons. The van der Waals surface area contributed by atoms with Crippen molar-refractivity contribution in [2.24, 2.45) is 0 Å². The molecular formula is C19H20N2O3S. The third kappa shape index (κ3) is 3.58. The number of thiazole rings is 1. The summed E-state index contributed by atoms with van der Waals surface area (Å²) in [7, 11) is 1.64. The second-order valence-electron chi connectivity index (χ2n) is 5.56. The summed E-state index contributed by atoms with van der Waals surface area (Å²) in [6.45, 7) is 4.56. The summed E-state index contributed by atoms with van der Waals surface area (Å²) >= 11 is 1.40. The van der Waals surface area contributed by atoms with E-state index >= 15 is 0 Å². The van der Waals surface area contributed by atoms with Crippen molar-refractivity contribution in [3.05, 3.63) is 59.3 Å². The largest absolute Gasteiger partial charge is 0.497 e. The van der Waals surface area contributed by atoms with Gasteiger partial charge in [0, 0.05) is 11.9 Å². The number of furan rings is 1. The molecule has 0 aliphatic carbocycles. The van der Waals surface area contributed by atoms with E-state index in [0.29, 0.717) is 23.0 Å². The summed E-state index contributed by atoms with van der Waals surface area (Å²) in [6.07, 6.45) is 1.60. The monoisotopic (exact) mass is 356 g/mol. The zero-order valence-electron chi connectivity index (χ0n) is 14.4. The third-order valence-corrected chi connectivity index (χ3v) is 4.96. The van der Waals surface area contributed by atoms with Gasteiger partial charge in [-0.1, -0.05) is 12.1 Å². The second kappa shape index (κ2) is 7.53. The molecule has 1 unspecified atom stereocenters. The van der Waals surface area contributed by atoms with Gasteiger partial charge in [0.15, 0.2) is 10.8 Å². The number of carbonyl (C=O) groups is 1. The van der Waals surface area contributed by atoms with Crippen LogP contribution < -0.4 is 4.74 Å². The van der Waals surface area contributed by atoms with Crippen LogP contribution in [0.3, 0.4) is 0 Å². The Labute approximate surface area is 150 Å². The molecule has 1 amide bonds. The smallest absolute Gasteiger partial charge is 0.273 e. The topological polar surface area (TPSA) is 55.6 Å². The van der Waals surface area contributed by atoms with Gasteiger partial charge in [-0.25, -0.2) is 4.98 Å². The molecule has 2 aromatic heterocycles. The highest BCUT2D eigenvalue weighted by atomic mass is 32.1. The van der Waals surface area contributed by atoms with Gasteiger partial charge in [0.25, 0.3) is 5.91 Å². The fourth-order valence-corrected chi connectivity index (χ4v) is 3.47. The minimum Gasteiger partial charge on any atom is -0.497 e. The molecule has 0 saturated heterocycles. The van der Waals surface area contributed by atoms with Crippen molar-refractivity contribution in [1.29, 1.82) is 0 Å². The van der Waals surface area contributed by atoms with Crippen LogP contribution in [0.1, 0.15) is 35.9 Å². The Bertz CT molecular complexity index is 842. The van der Waals surface area contributed by atoms with Gasteiger partial charge in [0.05, 0.1) is 19.4 Å². The van der Waals surface area contributed by atoms with Crippen molar-refractivity contribution in [3.8, 4) is 16.5 Å². The predicted octanol–water partition coefficient (Wildman–Crippen LogP) is 4.64. The van der Waals surface area contributed by atoms with Gasteiger partial charge in [-0.15, -0.1) is 11.3 Å². The van der Waals surface area contributed by atoms with Gasteiger partial charge < -0.3 is 14.1 Å². The van der Waals surface area contributed by atoms with E-state index < -0.39 is 0 Å². The average molecular weight is 356 g/mol. The van der Waals surface area contributed by atoms with E-state index in [4.69, 9.17) is 9.15 Å². The van der Waals surface area contributed by atoms with E-state index in [-0.39, 0.29) is 11.9 Å². The predicted molar refractivity (Wildman–Crippen MR) is 97.9 cm³/mol. The fraction of sp³-hybridized carbons (Fsp3) is 0.263. The normalized spacial score (nSPS) is 12.0. The van der Waals surface area contributed by atoms with Crippen molar-refractivity contribution < 1.29 is 13.9 Å². The van der Waals surface area contributed by atoms with Gasteiger partial charge in [-0.05, 0) is 43.7 Å². The molecule has 0 aliphatic rings. The summed E-state index contributed by atoms with van der Waals surface area (Å²) in [5.74, 6) is 1.36. The van der Waals surface area contributed by atoms with Crippen LogP contribution in [0.4, 0.5) is 0 Å². The number of benzene rings is 1. The van der Waals surface area contributed by atoms with Crippen molar-refractivity contribution in [3.63, 3.8) is 0 Å². The standard InChI is InChI=1S/C19H20N2O3S/c1-4-21(13(2)14-7-5-8-15(11-14)23-3)19(22)16-12-25-18(20-16)17-9-6-10-24-17/h5-13H,4H2,1-3H3. The van der Waals surface area contributed by atoms with Crippen LogP contribution in [0.2, 0.25) is 0 Å². The minimum atomic E-state index is -0.0909. The number of aromatic nitrogens is 1. The van der Waals surface area contributed by atoms with Gasteiger partial charge >= 0.3 is 0 Å². The number of methoxy groups -OCH3 is 1. The quantitative estimate of drug-likeness (QED) is 0.646. The Morgan fingerprint density at radius 3 is 2.88 bits per heavy atom. The maximum Gasteiger partial charge on any atom is 0.273 e. The summed E-state index contributed by atoms with van der Waals surface area (Å²) in [6, 6.07) is 11.3. The van der Waals surface area contributed by atoms with Crippen molar-refractivity contribution in [2.45, 2.75) is 19.9 Å². The number of hydrogen-bond acceptors (Lipinski definition) is 5. The van der Waals surface area contributed by atoms with Gasteiger partial charge in [-0.3, -0.25) is 4.79 Å². The van der Waals surface area contributed by atoms with E-state index in [0.717, 1.165) is 11.3 Å². The van der Waals surface area contributed by atoms with Crippen molar-refractivity contribution >= 4 is 17.2 Å². The molecule has 25 heavy (non-hydrogen) atoms. The van der Waals surface area contributed by atoms with Crippen LogP contribution in [0.15, 0.2) is 52.5 Å². The van der Waals surface area contributed by atoms with E-state index in [1.165, 1.54) is 11.3 Å². The maximum atomic E-state index is 12.9. The zero-order chi connectivity index (χ0) is 17.8. The second-order valence-corrected chi connectivity index (χ2v) is 6.42. The van der Waals surface area contributed by atoms with Gasteiger partial charge in [0.2, 0.25) is 0 Å². The van der Waals surface area contributed by atoms with Gasteiger partial charge in [0.1, 0.15) is 11.4 Å². The molecule has 1 aromatic carbocycles. The van der Waals surface area contributed by atoms with E-state index in [9.17, 15) is 4.79 Å². The SMILES string of the molecule is CCN(C(=O)c1csc(-c2ccco2)n1)C(C)c1cccc(OC)c1. The maximum absolute atomic E-state index is 12.9. The summed E-state index contributed by atoms with van der Waals surface area (Å²) in [4.78, 5) is 19.2. The number of amides is 1. The van der Waals surface area contributed by atoms with Crippen molar-refractivity contribution in [2.75, 3.05) is 13.7 Å². The van der Waals surface area contributed by atoms with Gasteiger partial charge in [-0.2, -0.15) is 0 Å². The lowest BCUT2D eigenvalue weighted by Gasteiger charge is -2.28. The molecule has 3 rings (SSSR count). The molecule has 5 nitrogen and oxygen atoms in total. The molecule has 0 saturated carbocycles. The highest BCUT2D eigenvalue weighted by molar-refractivity contribution is 7.13. The zero-order valence-corrected chi connectivity index (χ0v) is 15.2. The number of hydrogen-bond donors (Lipinski definition) is 0. The Hall–Kier alpha value is -2.60. The lowest BCUT2D eigenvalue weighted by molar-refractivity contribution is 0.0697. The van der Waals surface area contributed by atoms with Crippen LogP contribution in [0, 0.1) is 0 Å². The van der Waals surface area contributed by atoms with E-state index in [1.807, 2.05) is 44.2 Å². The summed E-state index contributed by atoms with van der Waals surface area (Å²) in [5.41, 5.74) is 1.46. The first-order chi connectivity index (χ1) is 12.1. The Kier molecular flexibility index (Phi) is 5.19. The highest BCUT2D eigenvalue weighted by Crippen LogP contribution is 2.28. The van der Waals surface area contributed by atoms with Crippen LogP contribution >= 0.6 is 11.3 Å². The highest BCUT2D eigenvalue weighted by Gasteiger charge is 2.24. The van der Waals surface area contributed by atoms with E-state index in [2.05, 4.69) is 4.98 Å². The van der Waals surface area contributed by atoms with E-state index in [1.54, 1.807) is 29.7 Å². The Morgan fingerprint density at radius 2 is 2.20 bits per heavy atom. The molecule has 6 heteroatoms. The molecule has 0 bridgehead atoms. The van der Waals surface area contributed by atoms with Crippen LogP contribution in [0.25, 0.3) is 10.8 Å². The summed E-state index contributed by atoms with van der Waals surface area (Å²) < 4.78 is 10.6. The number of rotatable bonds is 6. The number of carbonyl (C=O) groups excluding carboxylic acids is 1. The van der Waals surface area contributed by atoms with Crippen molar-refractivity contribution in [1.82, 2.24) is 9.88 Å². The first-order valence-electron chi connectivity index (χ1n) is 8.08. The molecule has 0 fully saturated rings. The average Bonchev–Trinajstić information content (AvgIpc) is 3.33. The molecule has 0 aliphatic heterocycles. The third-order valence-electron chi connectivity index (χ3n) is 4.10. The Morgan fingerprint density at radius 1 is 1.36 bits per heavy atom. The number of nitrogens with zero attached hydrogens (tertiary/aromatic N) is 2. The van der Waals surface area contributed by atoms with Crippen LogP contribution in [-0.4, -0.2) is 29.4 Å². The Balaban J connectivity index is 1.83. The fourth-order valence-electron chi connectivity index (χ4n) is 2.71. The molecule has 3 aromatic rings. The molecule has 0 N–H and O–H groups in total. The molecule has 0 spiro atoms. The lowest BCUT2D eigenvalue weighted by Crippen LogP contribution is -2.33.